The number of benzene rings is 3. The standard InChI is InChI=1S/C26H27FN2O2S/c1-26(2,3)17-23(30)28-21-10-7-11-22(16-21)32-24(18-8-5-4-6-9-18)25(31)29-20-14-12-19(27)13-15-20/h4-16,24H,17H2,1-3H3,(H,28,30)(H,29,31). The molecule has 0 spiro atoms. The zero-order valence-corrected chi connectivity index (χ0v) is 19.2. The molecule has 2 amide bonds. The second-order valence-electron chi connectivity index (χ2n) is 8.72. The van der Waals surface area contributed by atoms with Gasteiger partial charge in [0, 0.05) is 22.7 Å². The van der Waals surface area contributed by atoms with Gasteiger partial charge in [-0.3, -0.25) is 9.59 Å². The van der Waals surface area contributed by atoms with Gasteiger partial charge in [0.2, 0.25) is 11.8 Å². The van der Waals surface area contributed by atoms with Gasteiger partial charge in [-0.25, -0.2) is 4.39 Å². The SMILES string of the molecule is CC(C)(C)CC(=O)Nc1cccc(SC(C(=O)Nc2ccc(F)cc2)c2ccccc2)c1. The summed E-state index contributed by atoms with van der Waals surface area (Å²) in [5, 5.41) is 5.28. The van der Waals surface area contributed by atoms with Crippen molar-refractivity contribution in [2.24, 2.45) is 5.41 Å². The molecule has 0 saturated carbocycles. The summed E-state index contributed by atoms with van der Waals surface area (Å²) in [6, 6.07) is 22.6. The van der Waals surface area contributed by atoms with E-state index in [9.17, 15) is 14.0 Å². The van der Waals surface area contributed by atoms with Crippen molar-refractivity contribution in [3.05, 3.63) is 90.2 Å². The molecule has 3 rings (SSSR count). The predicted octanol–water partition coefficient (Wildman–Crippen LogP) is 6.67. The Hall–Kier alpha value is -3.12. The van der Waals surface area contributed by atoms with E-state index in [0.717, 1.165) is 10.5 Å². The average molecular weight is 451 g/mol. The van der Waals surface area contributed by atoms with E-state index in [4.69, 9.17) is 0 Å². The first-order valence-electron chi connectivity index (χ1n) is 10.4. The van der Waals surface area contributed by atoms with Gasteiger partial charge in [0.05, 0.1) is 0 Å². The van der Waals surface area contributed by atoms with Gasteiger partial charge in [0.25, 0.3) is 0 Å². The second kappa shape index (κ2) is 10.5. The summed E-state index contributed by atoms with van der Waals surface area (Å²) in [6.45, 7) is 6.05. The highest BCUT2D eigenvalue weighted by atomic mass is 32.2. The molecule has 3 aromatic rings. The first-order valence-corrected chi connectivity index (χ1v) is 11.3. The summed E-state index contributed by atoms with van der Waals surface area (Å²) in [7, 11) is 0. The van der Waals surface area contributed by atoms with Gasteiger partial charge in [0.1, 0.15) is 11.1 Å². The average Bonchev–Trinajstić information content (AvgIpc) is 2.73. The van der Waals surface area contributed by atoms with Crippen molar-refractivity contribution in [1.82, 2.24) is 0 Å². The van der Waals surface area contributed by atoms with Crippen molar-refractivity contribution in [2.45, 2.75) is 37.3 Å². The smallest absolute Gasteiger partial charge is 0.242 e. The van der Waals surface area contributed by atoms with Crippen molar-refractivity contribution in [2.75, 3.05) is 10.6 Å². The minimum absolute atomic E-state index is 0.0479. The fraction of sp³-hybridized carbons (Fsp3) is 0.231. The fourth-order valence-corrected chi connectivity index (χ4v) is 4.20. The first kappa shape index (κ1) is 23.5. The molecule has 0 aliphatic carbocycles. The van der Waals surface area contributed by atoms with Crippen LogP contribution in [-0.4, -0.2) is 11.8 Å². The van der Waals surface area contributed by atoms with E-state index >= 15 is 0 Å². The molecule has 32 heavy (non-hydrogen) atoms. The normalized spacial score (nSPS) is 12.1. The number of rotatable bonds is 7. The van der Waals surface area contributed by atoms with Crippen LogP contribution in [0.1, 0.15) is 38.0 Å². The van der Waals surface area contributed by atoms with Crippen molar-refractivity contribution in [1.29, 1.82) is 0 Å². The van der Waals surface area contributed by atoms with Crippen LogP contribution in [0.4, 0.5) is 15.8 Å². The van der Waals surface area contributed by atoms with Gasteiger partial charge in [-0.2, -0.15) is 0 Å². The van der Waals surface area contributed by atoms with Crippen LogP contribution in [0.3, 0.4) is 0 Å². The maximum atomic E-state index is 13.2. The first-order chi connectivity index (χ1) is 15.2. The van der Waals surface area contributed by atoms with E-state index in [-0.39, 0.29) is 23.0 Å². The van der Waals surface area contributed by atoms with Crippen LogP contribution in [0.15, 0.2) is 83.8 Å². The molecule has 3 aromatic carbocycles. The lowest BCUT2D eigenvalue weighted by atomic mass is 9.92. The van der Waals surface area contributed by atoms with Crippen LogP contribution in [0.5, 0.6) is 0 Å². The molecule has 0 aliphatic rings. The maximum Gasteiger partial charge on any atom is 0.242 e. The third-order valence-electron chi connectivity index (χ3n) is 4.51. The number of thioether (sulfide) groups is 1. The van der Waals surface area contributed by atoms with Crippen molar-refractivity contribution >= 4 is 35.0 Å². The molecular weight excluding hydrogens is 423 g/mol. The van der Waals surface area contributed by atoms with Crippen LogP contribution in [0.25, 0.3) is 0 Å². The zero-order valence-electron chi connectivity index (χ0n) is 18.4. The monoisotopic (exact) mass is 450 g/mol. The summed E-state index contributed by atoms with van der Waals surface area (Å²) in [4.78, 5) is 26.3. The molecule has 0 heterocycles. The molecule has 1 unspecified atom stereocenters. The molecule has 0 bridgehead atoms. The summed E-state index contributed by atoms with van der Waals surface area (Å²) in [6.07, 6.45) is 0.414. The molecule has 0 aliphatic heterocycles. The number of halogens is 1. The Kier molecular flexibility index (Phi) is 7.70. The highest BCUT2D eigenvalue weighted by Gasteiger charge is 2.23. The molecule has 4 nitrogen and oxygen atoms in total. The van der Waals surface area contributed by atoms with E-state index in [2.05, 4.69) is 10.6 Å². The van der Waals surface area contributed by atoms with Crippen LogP contribution in [0.2, 0.25) is 0 Å². The number of amides is 2. The van der Waals surface area contributed by atoms with E-state index in [1.165, 1.54) is 36.0 Å². The lowest BCUT2D eigenvalue weighted by Crippen LogP contribution is -2.20. The van der Waals surface area contributed by atoms with E-state index in [1.807, 2.05) is 75.4 Å². The topological polar surface area (TPSA) is 58.2 Å². The Labute approximate surface area is 192 Å². The van der Waals surface area contributed by atoms with Gasteiger partial charge < -0.3 is 10.6 Å². The minimum atomic E-state index is -0.526. The molecular formula is C26H27FN2O2S. The quantitative estimate of drug-likeness (QED) is 0.395. The Morgan fingerprint density at radius 3 is 2.22 bits per heavy atom. The predicted molar refractivity (Wildman–Crippen MR) is 129 cm³/mol. The van der Waals surface area contributed by atoms with Crippen LogP contribution in [-0.2, 0) is 9.59 Å². The Bertz CT molecular complexity index is 1060. The van der Waals surface area contributed by atoms with Crippen LogP contribution < -0.4 is 10.6 Å². The summed E-state index contributed by atoms with van der Waals surface area (Å²) < 4.78 is 13.2. The number of hydrogen-bond donors (Lipinski definition) is 2. The highest BCUT2D eigenvalue weighted by Crippen LogP contribution is 2.37. The third-order valence-corrected chi connectivity index (χ3v) is 5.76. The second-order valence-corrected chi connectivity index (χ2v) is 9.90. The lowest BCUT2D eigenvalue weighted by molar-refractivity contribution is -0.118. The number of anilines is 2. The van der Waals surface area contributed by atoms with Gasteiger partial charge in [-0.15, -0.1) is 11.8 Å². The van der Waals surface area contributed by atoms with Gasteiger partial charge in [-0.1, -0.05) is 57.2 Å². The Balaban J connectivity index is 1.78. The molecule has 6 heteroatoms. The Morgan fingerprint density at radius 2 is 1.56 bits per heavy atom. The number of nitrogens with one attached hydrogen (secondary N) is 2. The van der Waals surface area contributed by atoms with Crippen molar-refractivity contribution in [3.8, 4) is 0 Å². The third kappa shape index (κ3) is 7.24. The lowest BCUT2D eigenvalue weighted by Gasteiger charge is -2.19. The maximum absolute atomic E-state index is 13.2. The summed E-state index contributed by atoms with van der Waals surface area (Å²) in [5.74, 6) is -0.620. The van der Waals surface area contributed by atoms with Gasteiger partial charge in [-0.05, 0) is 53.4 Å². The van der Waals surface area contributed by atoms with E-state index < -0.39 is 5.25 Å². The molecule has 0 aromatic heterocycles. The summed E-state index contributed by atoms with van der Waals surface area (Å²) in [5.41, 5.74) is 1.96. The van der Waals surface area contributed by atoms with Crippen LogP contribution in [0, 0.1) is 11.2 Å². The van der Waals surface area contributed by atoms with E-state index in [1.54, 1.807) is 0 Å². The number of hydrogen-bond acceptors (Lipinski definition) is 3. The Morgan fingerprint density at radius 1 is 0.875 bits per heavy atom. The van der Waals surface area contributed by atoms with Gasteiger partial charge >= 0.3 is 0 Å². The fourth-order valence-electron chi connectivity index (χ4n) is 3.11. The largest absolute Gasteiger partial charge is 0.326 e. The number of carbonyl (C=O) groups excluding carboxylic acids is 2. The van der Waals surface area contributed by atoms with Crippen molar-refractivity contribution < 1.29 is 14.0 Å². The van der Waals surface area contributed by atoms with Crippen molar-refractivity contribution in [3.63, 3.8) is 0 Å². The molecule has 166 valence electrons. The summed E-state index contributed by atoms with van der Waals surface area (Å²) >= 11 is 1.39. The minimum Gasteiger partial charge on any atom is -0.326 e. The molecule has 0 radical (unpaired) electrons. The zero-order chi connectivity index (χ0) is 23.1. The van der Waals surface area contributed by atoms with Crippen LogP contribution >= 0.6 is 11.8 Å². The molecule has 0 saturated heterocycles. The highest BCUT2D eigenvalue weighted by molar-refractivity contribution is 8.00. The molecule has 2 N–H and O–H groups in total. The van der Waals surface area contributed by atoms with Gasteiger partial charge in [0.15, 0.2) is 0 Å². The molecule has 1 atom stereocenters. The van der Waals surface area contributed by atoms with E-state index in [0.29, 0.717) is 17.8 Å². The molecule has 0 fully saturated rings. The number of carbonyl (C=O) groups is 2.